The predicted octanol–water partition coefficient (Wildman–Crippen LogP) is 1.88. The lowest BCUT2D eigenvalue weighted by molar-refractivity contribution is -0.0340. The average molecular weight is 361 g/mol. The molecule has 3 rings (SSSR count). The molecule has 6 nitrogen and oxygen atoms in total. The molecule has 1 aromatic heterocycles. The SMILES string of the molecule is CCn1c(C(C)N2CCSCC2)nnc1N1CC(OCC(F)F)C1. The quantitative estimate of drug-likeness (QED) is 0.739. The molecule has 2 saturated heterocycles. The fourth-order valence-electron chi connectivity index (χ4n) is 3.20. The van der Waals surface area contributed by atoms with Crippen LogP contribution in [0.5, 0.6) is 0 Å². The van der Waals surface area contributed by atoms with Crippen LogP contribution in [-0.2, 0) is 11.3 Å². The van der Waals surface area contributed by atoms with Crippen molar-refractivity contribution in [1.29, 1.82) is 0 Å². The Labute approximate surface area is 145 Å². The monoisotopic (exact) mass is 361 g/mol. The third kappa shape index (κ3) is 3.83. The van der Waals surface area contributed by atoms with Crippen molar-refractivity contribution in [3.05, 3.63) is 5.82 Å². The molecule has 1 atom stereocenters. The number of aromatic nitrogens is 3. The summed E-state index contributed by atoms with van der Waals surface area (Å²) in [6, 6.07) is 0.235. The van der Waals surface area contributed by atoms with E-state index in [0.29, 0.717) is 13.1 Å². The third-order valence-corrected chi connectivity index (χ3v) is 5.57. The second kappa shape index (κ2) is 7.97. The van der Waals surface area contributed by atoms with Gasteiger partial charge in [-0.2, -0.15) is 11.8 Å². The van der Waals surface area contributed by atoms with E-state index in [1.165, 1.54) is 0 Å². The van der Waals surface area contributed by atoms with Crippen LogP contribution in [-0.4, -0.2) is 76.5 Å². The molecule has 9 heteroatoms. The molecule has 2 fully saturated rings. The first kappa shape index (κ1) is 17.9. The summed E-state index contributed by atoms with van der Waals surface area (Å²) in [5, 5.41) is 8.78. The smallest absolute Gasteiger partial charge is 0.261 e. The first-order valence-electron chi connectivity index (χ1n) is 8.49. The minimum atomic E-state index is -2.41. The molecule has 0 aliphatic carbocycles. The van der Waals surface area contributed by atoms with E-state index in [0.717, 1.165) is 42.9 Å². The molecular weight excluding hydrogens is 336 g/mol. The number of halogens is 2. The summed E-state index contributed by atoms with van der Waals surface area (Å²) in [6.07, 6.45) is -2.55. The number of rotatable bonds is 7. The van der Waals surface area contributed by atoms with Crippen LogP contribution in [0.4, 0.5) is 14.7 Å². The van der Waals surface area contributed by atoms with Gasteiger partial charge >= 0.3 is 0 Å². The van der Waals surface area contributed by atoms with Crippen molar-refractivity contribution < 1.29 is 13.5 Å². The van der Waals surface area contributed by atoms with Crippen molar-refractivity contribution in [3.8, 4) is 0 Å². The Morgan fingerprint density at radius 2 is 1.96 bits per heavy atom. The van der Waals surface area contributed by atoms with Gasteiger partial charge in [0.2, 0.25) is 5.95 Å². The number of nitrogens with zero attached hydrogens (tertiary/aromatic N) is 5. The first-order chi connectivity index (χ1) is 11.6. The van der Waals surface area contributed by atoms with Crippen molar-refractivity contribution in [3.63, 3.8) is 0 Å². The van der Waals surface area contributed by atoms with Gasteiger partial charge in [0.05, 0.1) is 12.1 Å². The van der Waals surface area contributed by atoms with Crippen LogP contribution in [0.1, 0.15) is 25.7 Å². The number of hydrogen-bond acceptors (Lipinski definition) is 6. The standard InChI is InChI=1S/C15H25F2N5OS/c1-3-22-14(11(2)20-4-6-24-7-5-20)18-19-15(22)21-8-12(9-21)23-10-13(16)17/h11-13H,3-10H2,1-2H3. The van der Waals surface area contributed by atoms with E-state index in [9.17, 15) is 8.78 Å². The van der Waals surface area contributed by atoms with Gasteiger partial charge in [0, 0.05) is 44.2 Å². The van der Waals surface area contributed by atoms with Gasteiger partial charge in [0.1, 0.15) is 6.61 Å². The van der Waals surface area contributed by atoms with E-state index < -0.39 is 13.0 Å². The Morgan fingerprint density at radius 1 is 1.25 bits per heavy atom. The average Bonchev–Trinajstić information content (AvgIpc) is 2.96. The van der Waals surface area contributed by atoms with Gasteiger partial charge in [-0.05, 0) is 13.8 Å². The number of ether oxygens (including phenoxy) is 1. The van der Waals surface area contributed by atoms with Crippen LogP contribution in [0.25, 0.3) is 0 Å². The van der Waals surface area contributed by atoms with Crippen LogP contribution in [0.2, 0.25) is 0 Å². The highest BCUT2D eigenvalue weighted by Gasteiger charge is 2.33. The van der Waals surface area contributed by atoms with E-state index in [1.807, 2.05) is 11.8 Å². The van der Waals surface area contributed by atoms with Gasteiger partial charge < -0.3 is 9.64 Å². The second-order valence-electron chi connectivity index (χ2n) is 6.18. The minimum absolute atomic E-state index is 0.138. The molecule has 1 aromatic rings. The van der Waals surface area contributed by atoms with E-state index in [2.05, 4.69) is 38.4 Å². The zero-order valence-corrected chi connectivity index (χ0v) is 15.0. The molecule has 2 aliphatic heterocycles. The van der Waals surface area contributed by atoms with Crippen LogP contribution < -0.4 is 4.90 Å². The Bertz CT molecular complexity index is 532. The van der Waals surface area contributed by atoms with Gasteiger partial charge in [-0.1, -0.05) is 0 Å². The zero-order chi connectivity index (χ0) is 17.1. The molecule has 2 aliphatic rings. The maximum Gasteiger partial charge on any atom is 0.261 e. The highest BCUT2D eigenvalue weighted by atomic mass is 32.2. The molecule has 136 valence electrons. The van der Waals surface area contributed by atoms with Gasteiger partial charge in [0.25, 0.3) is 6.43 Å². The Balaban J connectivity index is 1.62. The molecule has 1 unspecified atom stereocenters. The fourth-order valence-corrected chi connectivity index (χ4v) is 4.13. The van der Waals surface area contributed by atoms with Crippen LogP contribution in [0.15, 0.2) is 0 Å². The molecule has 0 radical (unpaired) electrons. The van der Waals surface area contributed by atoms with E-state index >= 15 is 0 Å². The highest BCUT2D eigenvalue weighted by Crippen LogP contribution is 2.27. The van der Waals surface area contributed by atoms with Crippen molar-refractivity contribution in [1.82, 2.24) is 19.7 Å². The molecular formula is C15H25F2N5OS. The normalized spacial score (nSPS) is 21.3. The molecule has 0 saturated carbocycles. The molecule has 0 bridgehead atoms. The van der Waals surface area contributed by atoms with E-state index in [1.54, 1.807) is 0 Å². The largest absolute Gasteiger partial charge is 0.369 e. The summed E-state index contributed by atoms with van der Waals surface area (Å²) in [7, 11) is 0. The topological polar surface area (TPSA) is 46.4 Å². The summed E-state index contributed by atoms with van der Waals surface area (Å²) in [5.74, 6) is 4.12. The van der Waals surface area contributed by atoms with E-state index in [4.69, 9.17) is 4.74 Å². The van der Waals surface area contributed by atoms with Gasteiger partial charge in [0.15, 0.2) is 5.82 Å². The lowest BCUT2D eigenvalue weighted by atomic mass is 10.2. The fraction of sp³-hybridized carbons (Fsp3) is 0.867. The number of hydrogen-bond donors (Lipinski definition) is 0. The Morgan fingerprint density at radius 3 is 2.58 bits per heavy atom. The van der Waals surface area contributed by atoms with Gasteiger partial charge in [-0.3, -0.25) is 9.47 Å². The lowest BCUT2D eigenvalue weighted by Gasteiger charge is -2.39. The summed E-state index contributed by atoms with van der Waals surface area (Å²) < 4.78 is 31.7. The Hall–Kier alpha value is -0.930. The zero-order valence-electron chi connectivity index (χ0n) is 14.2. The molecule has 0 N–H and O–H groups in total. The van der Waals surface area contributed by atoms with Crippen molar-refractivity contribution in [2.45, 2.75) is 39.0 Å². The summed E-state index contributed by atoms with van der Waals surface area (Å²) in [5.41, 5.74) is 0. The highest BCUT2D eigenvalue weighted by molar-refractivity contribution is 7.99. The third-order valence-electron chi connectivity index (χ3n) is 4.63. The maximum atomic E-state index is 12.2. The molecule has 24 heavy (non-hydrogen) atoms. The predicted molar refractivity (Wildman–Crippen MR) is 91.0 cm³/mol. The van der Waals surface area contributed by atoms with Crippen LogP contribution in [0, 0.1) is 0 Å². The van der Waals surface area contributed by atoms with Gasteiger partial charge in [-0.15, -0.1) is 10.2 Å². The van der Waals surface area contributed by atoms with Gasteiger partial charge in [-0.25, -0.2) is 8.78 Å². The minimum Gasteiger partial charge on any atom is -0.369 e. The Kier molecular flexibility index (Phi) is 5.93. The van der Waals surface area contributed by atoms with Crippen molar-refractivity contribution in [2.24, 2.45) is 0 Å². The second-order valence-corrected chi connectivity index (χ2v) is 7.40. The van der Waals surface area contributed by atoms with E-state index in [-0.39, 0.29) is 12.1 Å². The van der Waals surface area contributed by atoms with Crippen molar-refractivity contribution >= 4 is 17.7 Å². The van der Waals surface area contributed by atoms with Crippen molar-refractivity contribution in [2.75, 3.05) is 49.2 Å². The molecule has 3 heterocycles. The summed E-state index contributed by atoms with van der Waals surface area (Å²) >= 11 is 1.99. The number of alkyl halides is 2. The van der Waals surface area contributed by atoms with Crippen LogP contribution in [0.3, 0.4) is 0 Å². The first-order valence-corrected chi connectivity index (χ1v) is 9.65. The summed E-state index contributed by atoms with van der Waals surface area (Å²) in [4.78, 5) is 4.50. The maximum absolute atomic E-state index is 12.2. The molecule has 0 amide bonds. The lowest BCUT2D eigenvalue weighted by Crippen LogP contribution is -2.53. The molecule has 0 spiro atoms. The molecule has 0 aromatic carbocycles. The number of thioether (sulfide) groups is 1. The van der Waals surface area contributed by atoms with Crippen LogP contribution >= 0.6 is 11.8 Å². The number of anilines is 1. The summed E-state index contributed by atoms with van der Waals surface area (Å²) in [6.45, 7) is 7.91.